The molecule has 0 aromatic heterocycles. The highest BCUT2D eigenvalue weighted by atomic mass is 32.2. The van der Waals surface area contributed by atoms with Gasteiger partial charge in [-0.25, -0.2) is 12.8 Å². The van der Waals surface area contributed by atoms with Gasteiger partial charge >= 0.3 is 0 Å². The van der Waals surface area contributed by atoms with Gasteiger partial charge in [0.15, 0.2) is 0 Å². The first-order valence-corrected chi connectivity index (χ1v) is 11.8. The Hall–Kier alpha value is -2.45. The summed E-state index contributed by atoms with van der Waals surface area (Å²) in [5.41, 5.74) is 0.198. The fourth-order valence-corrected chi connectivity index (χ4v) is 5.38. The van der Waals surface area contributed by atoms with Crippen molar-refractivity contribution in [3.8, 4) is 0 Å². The molecule has 2 aromatic rings. The van der Waals surface area contributed by atoms with Gasteiger partial charge in [-0.3, -0.25) is 9.52 Å². The number of nitrogens with zero attached hydrogens (tertiary/aromatic N) is 2. The summed E-state index contributed by atoms with van der Waals surface area (Å²) in [5, 5.41) is 0. The topological polar surface area (TPSA) is 69.7 Å². The molecule has 30 heavy (non-hydrogen) atoms. The SMILES string of the molecule is O=C(c1cccc(S(=O)(=O)Nc2ccccc2F)c1)N1CCC(N2CCCC2)CC1. The lowest BCUT2D eigenvalue weighted by Crippen LogP contribution is -2.45. The molecule has 2 aromatic carbocycles. The molecule has 4 rings (SSSR count). The molecule has 2 fully saturated rings. The predicted molar refractivity (Wildman–Crippen MR) is 113 cm³/mol. The number of hydrogen-bond donors (Lipinski definition) is 1. The number of piperidine rings is 1. The quantitative estimate of drug-likeness (QED) is 0.789. The van der Waals surface area contributed by atoms with E-state index in [9.17, 15) is 17.6 Å². The van der Waals surface area contributed by atoms with Crippen LogP contribution >= 0.6 is 0 Å². The van der Waals surface area contributed by atoms with E-state index < -0.39 is 15.8 Å². The number of carbonyl (C=O) groups excluding carboxylic acids is 1. The van der Waals surface area contributed by atoms with Crippen LogP contribution in [0.2, 0.25) is 0 Å². The first-order chi connectivity index (χ1) is 14.4. The largest absolute Gasteiger partial charge is 0.339 e. The maximum atomic E-state index is 13.8. The van der Waals surface area contributed by atoms with Crippen LogP contribution in [0, 0.1) is 5.82 Å². The molecule has 2 aliphatic rings. The van der Waals surface area contributed by atoms with Crippen molar-refractivity contribution in [3.63, 3.8) is 0 Å². The second-order valence-corrected chi connectivity index (χ2v) is 9.56. The van der Waals surface area contributed by atoms with E-state index in [0.29, 0.717) is 24.7 Å². The smallest absolute Gasteiger partial charge is 0.262 e. The third-order valence-electron chi connectivity index (χ3n) is 5.92. The Morgan fingerprint density at radius 2 is 1.67 bits per heavy atom. The maximum absolute atomic E-state index is 13.8. The van der Waals surface area contributed by atoms with Gasteiger partial charge in [-0.15, -0.1) is 0 Å². The number of halogens is 1. The summed E-state index contributed by atoms with van der Waals surface area (Å²) in [6, 6.07) is 12.0. The minimum absolute atomic E-state index is 0.0662. The van der Waals surface area contributed by atoms with Crippen molar-refractivity contribution in [3.05, 3.63) is 59.9 Å². The van der Waals surface area contributed by atoms with E-state index in [0.717, 1.165) is 25.9 Å². The third-order valence-corrected chi connectivity index (χ3v) is 7.28. The molecular weight excluding hydrogens is 405 g/mol. The Morgan fingerprint density at radius 3 is 2.37 bits per heavy atom. The molecule has 160 valence electrons. The first-order valence-electron chi connectivity index (χ1n) is 10.3. The van der Waals surface area contributed by atoms with Gasteiger partial charge in [0, 0.05) is 24.7 Å². The summed E-state index contributed by atoms with van der Waals surface area (Å²) in [6.07, 6.45) is 4.39. The standard InChI is InChI=1S/C22H26FN3O3S/c23-20-8-1-2-9-21(20)24-30(28,29)19-7-5-6-17(16-19)22(27)26-14-10-18(11-15-26)25-12-3-4-13-25/h1-2,5-9,16,18,24H,3-4,10-15H2. The monoisotopic (exact) mass is 431 g/mol. The predicted octanol–water partition coefficient (Wildman–Crippen LogP) is 3.33. The summed E-state index contributed by atoms with van der Waals surface area (Å²) in [6.45, 7) is 3.63. The van der Waals surface area contributed by atoms with Crippen LogP contribution in [0.25, 0.3) is 0 Å². The summed E-state index contributed by atoms with van der Waals surface area (Å²) >= 11 is 0. The number of rotatable bonds is 5. The van der Waals surface area contributed by atoms with Crippen molar-refractivity contribution in [2.45, 2.75) is 36.6 Å². The van der Waals surface area contributed by atoms with Crippen LogP contribution < -0.4 is 4.72 Å². The highest BCUT2D eigenvalue weighted by molar-refractivity contribution is 7.92. The average molecular weight is 432 g/mol. The molecule has 6 nitrogen and oxygen atoms in total. The summed E-state index contributed by atoms with van der Waals surface area (Å²) in [7, 11) is -4.01. The van der Waals surface area contributed by atoms with Gasteiger partial charge in [-0.05, 0) is 69.1 Å². The molecule has 2 aliphatic heterocycles. The van der Waals surface area contributed by atoms with Crippen LogP contribution in [0.5, 0.6) is 0 Å². The lowest BCUT2D eigenvalue weighted by Gasteiger charge is -2.36. The summed E-state index contributed by atoms with van der Waals surface area (Å²) < 4.78 is 41.5. The molecular formula is C22H26FN3O3S. The number of benzene rings is 2. The highest BCUT2D eigenvalue weighted by Gasteiger charge is 2.29. The third kappa shape index (κ3) is 4.49. The van der Waals surface area contributed by atoms with E-state index in [1.807, 2.05) is 0 Å². The molecule has 1 N–H and O–H groups in total. The molecule has 0 aliphatic carbocycles. The van der Waals surface area contributed by atoms with Gasteiger partial charge in [-0.1, -0.05) is 18.2 Å². The van der Waals surface area contributed by atoms with Crippen molar-refractivity contribution >= 4 is 21.6 Å². The molecule has 0 bridgehead atoms. The van der Waals surface area contributed by atoms with E-state index >= 15 is 0 Å². The number of amides is 1. The van der Waals surface area contributed by atoms with Crippen LogP contribution in [0.3, 0.4) is 0 Å². The second kappa shape index (κ2) is 8.73. The molecule has 1 amide bonds. The number of nitrogens with one attached hydrogen (secondary N) is 1. The Morgan fingerprint density at radius 1 is 0.967 bits per heavy atom. The van der Waals surface area contributed by atoms with Crippen LogP contribution in [0.15, 0.2) is 53.4 Å². The second-order valence-electron chi connectivity index (χ2n) is 7.88. The van der Waals surface area contributed by atoms with Crippen molar-refractivity contribution in [1.82, 2.24) is 9.80 Å². The summed E-state index contributed by atoms with van der Waals surface area (Å²) in [4.78, 5) is 17.2. The molecule has 0 atom stereocenters. The zero-order valence-electron chi connectivity index (χ0n) is 16.8. The van der Waals surface area contributed by atoms with Gasteiger partial charge in [-0.2, -0.15) is 0 Å². The fraction of sp³-hybridized carbons (Fsp3) is 0.409. The average Bonchev–Trinajstić information content (AvgIpc) is 3.30. The molecule has 2 heterocycles. The van der Waals surface area contributed by atoms with E-state index in [2.05, 4.69) is 9.62 Å². The number of sulfonamides is 1. The Bertz CT molecular complexity index is 1010. The first kappa shape index (κ1) is 20.8. The molecule has 0 radical (unpaired) electrons. The van der Waals surface area contributed by atoms with Crippen LogP contribution in [-0.4, -0.2) is 56.3 Å². The molecule has 8 heteroatoms. The van der Waals surface area contributed by atoms with Crippen molar-refractivity contribution in [2.75, 3.05) is 30.9 Å². The summed E-state index contributed by atoms with van der Waals surface area (Å²) in [5.74, 6) is -0.827. The van der Waals surface area contributed by atoms with Gasteiger partial charge in [0.25, 0.3) is 15.9 Å². The van der Waals surface area contributed by atoms with Gasteiger partial charge in [0.05, 0.1) is 10.6 Å². The van der Waals surface area contributed by atoms with Gasteiger partial charge in [0.2, 0.25) is 0 Å². The van der Waals surface area contributed by atoms with E-state index in [1.165, 1.54) is 43.2 Å². The zero-order chi connectivity index (χ0) is 21.1. The number of para-hydroxylation sites is 1. The molecule has 2 saturated heterocycles. The van der Waals surface area contributed by atoms with Crippen LogP contribution in [0.1, 0.15) is 36.0 Å². The Balaban J connectivity index is 1.45. The number of hydrogen-bond acceptors (Lipinski definition) is 4. The van der Waals surface area contributed by atoms with Crippen molar-refractivity contribution < 1.29 is 17.6 Å². The Labute approximate surface area is 176 Å². The van der Waals surface area contributed by atoms with E-state index in [-0.39, 0.29) is 16.5 Å². The lowest BCUT2D eigenvalue weighted by molar-refractivity contribution is 0.0644. The number of likely N-dealkylation sites (tertiary alicyclic amines) is 2. The zero-order valence-corrected chi connectivity index (χ0v) is 17.6. The minimum atomic E-state index is -4.01. The molecule has 0 spiro atoms. The fourth-order valence-electron chi connectivity index (χ4n) is 4.27. The van der Waals surface area contributed by atoms with Crippen molar-refractivity contribution in [2.24, 2.45) is 0 Å². The number of anilines is 1. The van der Waals surface area contributed by atoms with Gasteiger partial charge in [0.1, 0.15) is 5.82 Å². The number of carbonyl (C=O) groups is 1. The van der Waals surface area contributed by atoms with Crippen LogP contribution in [-0.2, 0) is 10.0 Å². The van der Waals surface area contributed by atoms with E-state index in [1.54, 1.807) is 23.1 Å². The van der Waals surface area contributed by atoms with Gasteiger partial charge < -0.3 is 9.80 Å². The normalized spacial score (nSPS) is 18.5. The van der Waals surface area contributed by atoms with Crippen molar-refractivity contribution in [1.29, 1.82) is 0 Å². The Kier molecular flexibility index (Phi) is 6.06. The highest BCUT2D eigenvalue weighted by Crippen LogP contribution is 2.24. The van der Waals surface area contributed by atoms with Crippen LogP contribution in [0.4, 0.5) is 10.1 Å². The van der Waals surface area contributed by atoms with E-state index in [4.69, 9.17) is 0 Å². The molecule has 0 unspecified atom stereocenters. The minimum Gasteiger partial charge on any atom is -0.339 e. The molecule has 0 saturated carbocycles. The maximum Gasteiger partial charge on any atom is 0.262 e. The lowest BCUT2D eigenvalue weighted by atomic mass is 10.0.